The molecule has 0 radical (unpaired) electrons. The standard InChI is InChI=1S/C15H20N2OS/c16-14(19)13(12-6-2-1-3-7-12)15(18)17-10-4-5-11-8-9-11/h1-3,6-7,11,13H,4-5,8-10H2,(H2,16,19)(H,17,18). The van der Waals surface area contributed by atoms with E-state index in [9.17, 15) is 4.79 Å². The Balaban J connectivity index is 1.87. The van der Waals surface area contributed by atoms with Crippen LogP contribution in [0.1, 0.15) is 37.2 Å². The van der Waals surface area contributed by atoms with E-state index >= 15 is 0 Å². The molecule has 0 bridgehead atoms. The molecule has 1 aromatic rings. The average Bonchev–Trinajstić information content (AvgIpc) is 3.20. The highest BCUT2D eigenvalue weighted by Crippen LogP contribution is 2.33. The third-order valence-electron chi connectivity index (χ3n) is 3.46. The SMILES string of the molecule is NC(=S)C(C(=O)NCCCC1CC1)c1ccccc1. The lowest BCUT2D eigenvalue weighted by Gasteiger charge is -2.15. The number of hydrogen-bond donors (Lipinski definition) is 2. The van der Waals surface area contributed by atoms with Gasteiger partial charge in [-0.05, 0) is 24.3 Å². The number of nitrogens with one attached hydrogen (secondary N) is 1. The first-order valence-electron chi connectivity index (χ1n) is 6.80. The van der Waals surface area contributed by atoms with Gasteiger partial charge in [0.25, 0.3) is 0 Å². The maximum atomic E-state index is 12.2. The fourth-order valence-electron chi connectivity index (χ4n) is 2.20. The van der Waals surface area contributed by atoms with Gasteiger partial charge in [0, 0.05) is 6.54 Å². The number of carbonyl (C=O) groups excluding carboxylic acids is 1. The van der Waals surface area contributed by atoms with E-state index in [0.29, 0.717) is 6.54 Å². The van der Waals surface area contributed by atoms with Crippen LogP contribution in [0.15, 0.2) is 30.3 Å². The second kappa shape index (κ2) is 6.66. The predicted octanol–water partition coefficient (Wildman–Crippen LogP) is 2.36. The van der Waals surface area contributed by atoms with Crippen LogP contribution in [0.3, 0.4) is 0 Å². The maximum absolute atomic E-state index is 12.2. The first kappa shape index (κ1) is 14.0. The zero-order valence-electron chi connectivity index (χ0n) is 11.0. The molecule has 3 N–H and O–H groups in total. The molecule has 1 fully saturated rings. The fourth-order valence-corrected chi connectivity index (χ4v) is 2.44. The van der Waals surface area contributed by atoms with Crippen LogP contribution >= 0.6 is 12.2 Å². The molecule has 3 nitrogen and oxygen atoms in total. The summed E-state index contributed by atoms with van der Waals surface area (Å²) in [6.07, 6.45) is 4.96. The Morgan fingerprint density at radius 2 is 2.05 bits per heavy atom. The molecule has 4 heteroatoms. The van der Waals surface area contributed by atoms with Gasteiger partial charge in [0.05, 0.1) is 4.99 Å². The Labute approximate surface area is 119 Å². The quantitative estimate of drug-likeness (QED) is 0.594. The highest BCUT2D eigenvalue weighted by molar-refractivity contribution is 7.80. The lowest BCUT2D eigenvalue weighted by molar-refractivity contribution is -0.121. The molecule has 1 saturated carbocycles. The van der Waals surface area contributed by atoms with Crippen molar-refractivity contribution in [3.8, 4) is 0 Å². The average molecular weight is 276 g/mol. The Morgan fingerprint density at radius 3 is 2.63 bits per heavy atom. The smallest absolute Gasteiger partial charge is 0.234 e. The van der Waals surface area contributed by atoms with Gasteiger partial charge in [-0.15, -0.1) is 0 Å². The van der Waals surface area contributed by atoms with Crippen molar-refractivity contribution in [2.75, 3.05) is 6.54 Å². The van der Waals surface area contributed by atoms with Gasteiger partial charge in [-0.1, -0.05) is 55.4 Å². The Morgan fingerprint density at radius 1 is 1.37 bits per heavy atom. The monoisotopic (exact) mass is 276 g/mol. The Hall–Kier alpha value is -1.42. The van der Waals surface area contributed by atoms with Crippen LogP contribution < -0.4 is 11.1 Å². The van der Waals surface area contributed by atoms with Crippen molar-refractivity contribution in [2.45, 2.75) is 31.6 Å². The summed E-state index contributed by atoms with van der Waals surface area (Å²) in [5.74, 6) is 0.295. The van der Waals surface area contributed by atoms with Gasteiger partial charge < -0.3 is 11.1 Å². The summed E-state index contributed by atoms with van der Waals surface area (Å²) in [5.41, 5.74) is 6.56. The zero-order valence-corrected chi connectivity index (χ0v) is 11.8. The second-order valence-electron chi connectivity index (χ2n) is 5.12. The number of thiocarbonyl (C=S) groups is 1. The number of rotatable bonds is 7. The van der Waals surface area contributed by atoms with E-state index in [4.69, 9.17) is 18.0 Å². The van der Waals surface area contributed by atoms with E-state index in [1.54, 1.807) is 0 Å². The highest BCUT2D eigenvalue weighted by Gasteiger charge is 2.23. The second-order valence-corrected chi connectivity index (χ2v) is 5.59. The largest absolute Gasteiger partial charge is 0.392 e. The molecule has 1 aliphatic rings. The van der Waals surface area contributed by atoms with Gasteiger partial charge in [-0.25, -0.2) is 0 Å². The molecule has 0 heterocycles. The van der Waals surface area contributed by atoms with E-state index in [2.05, 4.69) is 5.32 Å². The molecular weight excluding hydrogens is 256 g/mol. The van der Waals surface area contributed by atoms with E-state index in [0.717, 1.165) is 17.9 Å². The number of amides is 1. The van der Waals surface area contributed by atoms with Crippen molar-refractivity contribution in [3.63, 3.8) is 0 Å². The molecular formula is C15H20N2OS. The van der Waals surface area contributed by atoms with Crippen LogP contribution in [-0.4, -0.2) is 17.4 Å². The summed E-state index contributed by atoms with van der Waals surface area (Å²) in [5, 5.41) is 2.94. The number of hydrogen-bond acceptors (Lipinski definition) is 2. The van der Waals surface area contributed by atoms with Crippen LogP contribution in [0.2, 0.25) is 0 Å². The van der Waals surface area contributed by atoms with Crippen molar-refractivity contribution in [1.82, 2.24) is 5.32 Å². The highest BCUT2D eigenvalue weighted by atomic mass is 32.1. The van der Waals surface area contributed by atoms with Gasteiger partial charge in [0.1, 0.15) is 5.92 Å². The topological polar surface area (TPSA) is 55.1 Å². The Bertz CT molecular complexity index is 443. The molecule has 1 aromatic carbocycles. The lowest BCUT2D eigenvalue weighted by atomic mass is 9.98. The molecule has 0 saturated heterocycles. The Kier molecular flexibility index (Phi) is 4.91. The molecule has 1 atom stereocenters. The number of benzene rings is 1. The van der Waals surface area contributed by atoms with E-state index < -0.39 is 5.92 Å². The zero-order chi connectivity index (χ0) is 13.7. The minimum atomic E-state index is -0.517. The van der Waals surface area contributed by atoms with Crippen molar-refractivity contribution in [1.29, 1.82) is 0 Å². The van der Waals surface area contributed by atoms with Crippen molar-refractivity contribution in [2.24, 2.45) is 11.7 Å². The summed E-state index contributed by atoms with van der Waals surface area (Å²) in [7, 11) is 0. The number of carbonyl (C=O) groups is 1. The minimum Gasteiger partial charge on any atom is -0.392 e. The number of nitrogens with two attached hydrogens (primary N) is 1. The first-order chi connectivity index (χ1) is 9.18. The van der Waals surface area contributed by atoms with E-state index in [-0.39, 0.29) is 10.9 Å². The van der Waals surface area contributed by atoms with Crippen LogP contribution in [0.25, 0.3) is 0 Å². The summed E-state index contributed by atoms with van der Waals surface area (Å²) in [6.45, 7) is 0.710. The van der Waals surface area contributed by atoms with Crippen molar-refractivity contribution in [3.05, 3.63) is 35.9 Å². The molecule has 19 heavy (non-hydrogen) atoms. The van der Waals surface area contributed by atoms with Gasteiger partial charge in [-0.2, -0.15) is 0 Å². The van der Waals surface area contributed by atoms with Gasteiger partial charge in [0.2, 0.25) is 5.91 Å². The summed E-state index contributed by atoms with van der Waals surface area (Å²) < 4.78 is 0. The van der Waals surface area contributed by atoms with Crippen LogP contribution in [0, 0.1) is 5.92 Å². The molecule has 0 aliphatic heterocycles. The maximum Gasteiger partial charge on any atom is 0.234 e. The molecule has 2 rings (SSSR count). The first-order valence-corrected chi connectivity index (χ1v) is 7.21. The van der Waals surface area contributed by atoms with Crippen molar-refractivity contribution >= 4 is 23.1 Å². The van der Waals surface area contributed by atoms with Crippen LogP contribution in [-0.2, 0) is 4.79 Å². The minimum absolute atomic E-state index is 0.0884. The molecule has 102 valence electrons. The van der Waals surface area contributed by atoms with E-state index in [1.165, 1.54) is 19.3 Å². The van der Waals surface area contributed by atoms with E-state index in [1.807, 2.05) is 30.3 Å². The normalized spacial score (nSPS) is 15.8. The van der Waals surface area contributed by atoms with Gasteiger partial charge >= 0.3 is 0 Å². The van der Waals surface area contributed by atoms with Crippen LogP contribution in [0.5, 0.6) is 0 Å². The molecule has 1 aliphatic carbocycles. The third kappa shape index (κ3) is 4.31. The van der Waals surface area contributed by atoms with Crippen molar-refractivity contribution < 1.29 is 4.79 Å². The molecule has 0 spiro atoms. The molecule has 0 aromatic heterocycles. The third-order valence-corrected chi connectivity index (χ3v) is 3.70. The predicted molar refractivity (Wildman–Crippen MR) is 80.9 cm³/mol. The fraction of sp³-hybridized carbons (Fsp3) is 0.467. The van der Waals surface area contributed by atoms with Gasteiger partial charge in [-0.3, -0.25) is 4.79 Å². The van der Waals surface area contributed by atoms with Crippen LogP contribution in [0.4, 0.5) is 0 Å². The van der Waals surface area contributed by atoms with Gasteiger partial charge in [0.15, 0.2) is 0 Å². The molecule has 1 amide bonds. The summed E-state index contributed by atoms with van der Waals surface area (Å²) >= 11 is 5.02. The summed E-state index contributed by atoms with van der Waals surface area (Å²) in [6, 6.07) is 9.46. The molecule has 1 unspecified atom stereocenters. The lowest BCUT2D eigenvalue weighted by Crippen LogP contribution is -2.36. The summed E-state index contributed by atoms with van der Waals surface area (Å²) in [4.78, 5) is 12.4.